The van der Waals surface area contributed by atoms with Crippen LogP contribution in [0.4, 0.5) is 5.00 Å². The van der Waals surface area contributed by atoms with Crippen LogP contribution in [0, 0.1) is 0 Å². The van der Waals surface area contributed by atoms with E-state index in [2.05, 4.69) is 15.4 Å². The van der Waals surface area contributed by atoms with Crippen LogP contribution >= 0.6 is 23.3 Å². The Morgan fingerprint density at radius 3 is 2.80 bits per heavy atom. The van der Waals surface area contributed by atoms with Crippen LogP contribution in [0.1, 0.15) is 23.2 Å². The number of aldehydes is 1. The van der Waals surface area contributed by atoms with Crippen molar-refractivity contribution in [1.82, 2.24) is 10.6 Å². The van der Waals surface area contributed by atoms with Gasteiger partial charge in [0.25, 0.3) is 0 Å². The van der Waals surface area contributed by atoms with Gasteiger partial charge in [0.2, 0.25) is 11.8 Å². The Morgan fingerprint density at radius 1 is 1.50 bits per heavy atom. The number of anilines is 1. The minimum absolute atomic E-state index is 0.170. The van der Waals surface area contributed by atoms with Crippen molar-refractivity contribution in [3.8, 4) is 0 Å². The molecule has 1 atom stereocenters. The van der Waals surface area contributed by atoms with Crippen molar-refractivity contribution in [3.05, 3.63) is 17.0 Å². The highest BCUT2D eigenvalue weighted by Gasteiger charge is 2.24. The summed E-state index contributed by atoms with van der Waals surface area (Å²) in [5, 5.41) is 7.87. The second kappa shape index (κ2) is 8.72. The fraction of sp³-hybridized carbons (Fsp3) is 0.417. The Morgan fingerprint density at radius 2 is 2.25 bits per heavy atom. The van der Waals surface area contributed by atoms with Crippen LogP contribution in [0.25, 0.3) is 0 Å². The lowest BCUT2D eigenvalue weighted by molar-refractivity contribution is -0.134. The van der Waals surface area contributed by atoms with E-state index in [0.717, 1.165) is 16.9 Å². The van der Waals surface area contributed by atoms with Gasteiger partial charge in [0, 0.05) is 18.2 Å². The summed E-state index contributed by atoms with van der Waals surface area (Å²) < 4.78 is 3.01. The van der Waals surface area contributed by atoms with Crippen LogP contribution in [0.5, 0.6) is 0 Å². The van der Waals surface area contributed by atoms with Gasteiger partial charge in [-0.15, -0.1) is 11.3 Å². The van der Waals surface area contributed by atoms with Gasteiger partial charge in [0.05, 0.1) is 6.04 Å². The molecule has 2 amide bonds. The summed E-state index contributed by atoms with van der Waals surface area (Å²) in [6, 6.07) is 1.62. The molecule has 3 N–H and O–H groups in total. The van der Waals surface area contributed by atoms with E-state index in [1.165, 1.54) is 23.3 Å². The first-order chi connectivity index (χ1) is 9.62. The van der Waals surface area contributed by atoms with Crippen LogP contribution in [-0.2, 0) is 9.59 Å². The molecule has 8 heteroatoms. The molecule has 2 heterocycles. The van der Waals surface area contributed by atoms with Gasteiger partial charge >= 0.3 is 0 Å². The van der Waals surface area contributed by atoms with Gasteiger partial charge in [-0.3, -0.25) is 19.7 Å². The Balaban J connectivity index is 0.000000200. The average molecular weight is 315 g/mol. The lowest BCUT2D eigenvalue weighted by atomic mass is 10.1. The summed E-state index contributed by atoms with van der Waals surface area (Å²) in [4.78, 5) is 31.7. The Bertz CT molecular complexity index is 476. The van der Waals surface area contributed by atoms with Crippen LogP contribution in [0.2, 0.25) is 0 Å². The van der Waals surface area contributed by atoms with Crippen molar-refractivity contribution in [2.24, 2.45) is 0 Å². The number of rotatable bonds is 4. The third kappa shape index (κ3) is 4.95. The smallest absolute Gasteiger partial charge is 0.243 e. The SMILES string of the molecule is CNC1CCC(=O)NC1=O.CSNc1sccc1C=O. The topological polar surface area (TPSA) is 87.3 Å². The fourth-order valence-electron chi connectivity index (χ4n) is 1.56. The summed E-state index contributed by atoms with van der Waals surface area (Å²) in [5.41, 5.74) is 0.736. The number of imide groups is 1. The molecule has 0 aliphatic carbocycles. The van der Waals surface area contributed by atoms with Gasteiger partial charge in [0.1, 0.15) is 5.00 Å². The number of nitrogens with one attached hydrogen (secondary N) is 3. The molecular weight excluding hydrogens is 298 g/mol. The molecule has 2 rings (SSSR count). The highest BCUT2D eigenvalue weighted by Crippen LogP contribution is 2.23. The maximum absolute atomic E-state index is 10.8. The lowest BCUT2D eigenvalue weighted by Gasteiger charge is -2.19. The predicted octanol–water partition coefficient (Wildman–Crippen LogP) is 1.26. The lowest BCUT2D eigenvalue weighted by Crippen LogP contribution is -2.49. The first-order valence-corrected chi connectivity index (χ1v) is 8.05. The maximum Gasteiger partial charge on any atom is 0.243 e. The van der Waals surface area contributed by atoms with Gasteiger partial charge in [-0.25, -0.2) is 0 Å². The summed E-state index contributed by atoms with van der Waals surface area (Å²) in [6.07, 6.45) is 3.84. The molecule has 1 aliphatic heterocycles. The molecule has 0 spiro atoms. The minimum atomic E-state index is -0.209. The summed E-state index contributed by atoms with van der Waals surface area (Å²) in [5.74, 6) is -0.379. The quantitative estimate of drug-likeness (QED) is 0.440. The van der Waals surface area contributed by atoms with E-state index in [0.29, 0.717) is 12.8 Å². The van der Waals surface area contributed by atoms with Crippen molar-refractivity contribution in [1.29, 1.82) is 0 Å². The molecule has 1 aromatic heterocycles. The minimum Gasteiger partial charge on any atom is -0.321 e. The number of amides is 2. The summed E-state index contributed by atoms with van der Waals surface area (Å²) >= 11 is 3.03. The molecule has 6 nitrogen and oxygen atoms in total. The molecule has 1 unspecified atom stereocenters. The zero-order valence-electron chi connectivity index (χ0n) is 11.3. The van der Waals surface area contributed by atoms with E-state index in [9.17, 15) is 14.4 Å². The van der Waals surface area contributed by atoms with Crippen LogP contribution < -0.4 is 15.4 Å². The number of carbonyl (C=O) groups excluding carboxylic acids is 3. The van der Waals surface area contributed by atoms with E-state index in [1.807, 2.05) is 11.6 Å². The first kappa shape index (κ1) is 16.7. The third-order valence-corrected chi connectivity index (χ3v) is 3.99. The number of carbonyl (C=O) groups is 3. The number of hydrogen-bond donors (Lipinski definition) is 3. The highest BCUT2D eigenvalue weighted by molar-refractivity contribution is 8.00. The molecule has 1 saturated heterocycles. The van der Waals surface area contributed by atoms with Gasteiger partial charge in [-0.1, -0.05) is 11.9 Å². The molecule has 1 aromatic rings. The number of thiophene rings is 1. The monoisotopic (exact) mass is 315 g/mol. The van der Waals surface area contributed by atoms with Crippen molar-refractivity contribution >= 4 is 46.4 Å². The second-order valence-corrected chi connectivity index (χ2v) is 5.45. The summed E-state index contributed by atoms with van der Waals surface area (Å²) in [7, 11) is 1.71. The number of hydrogen-bond acceptors (Lipinski definition) is 7. The number of likely N-dealkylation sites (N-methyl/N-ethyl adjacent to an activating group) is 1. The molecule has 110 valence electrons. The molecule has 1 aliphatic rings. The zero-order chi connectivity index (χ0) is 15.0. The third-order valence-electron chi connectivity index (χ3n) is 2.61. The zero-order valence-corrected chi connectivity index (χ0v) is 12.9. The molecular formula is C12H17N3O3S2. The predicted molar refractivity (Wildman–Crippen MR) is 82.1 cm³/mol. The fourth-order valence-corrected chi connectivity index (χ4v) is 2.91. The Labute approximate surface area is 125 Å². The largest absolute Gasteiger partial charge is 0.321 e. The molecule has 0 radical (unpaired) electrons. The molecule has 1 fully saturated rings. The van der Waals surface area contributed by atoms with Gasteiger partial charge in [-0.2, -0.15) is 0 Å². The van der Waals surface area contributed by atoms with E-state index in [1.54, 1.807) is 13.1 Å². The molecule has 0 saturated carbocycles. The molecule has 0 aromatic carbocycles. The van der Waals surface area contributed by atoms with Crippen LogP contribution in [0.3, 0.4) is 0 Å². The Kier molecular flexibility index (Phi) is 7.27. The maximum atomic E-state index is 10.8. The highest BCUT2D eigenvalue weighted by atomic mass is 32.2. The van der Waals surface area contributed by atoms with E-state index in [4.69, 9.17) is 0 Å². The average Bonchev–Trinajstić information content (AvgIpc) is 2.87. The van der Waals surface area contributed by atoms with E-state index in [-0.39, 0.29) is 17.9 Å². The van der Waals surface area contributed by atoms with Crippen molar-refractivity contribution in [3.63, 3.8) is 0 Å². The van der Waals surface area contributed by atoms with E-state index >= 15 is 0 Å². The van der Waals surface area contributed by atoms with Crippen molar-refractivity contribution in [2.75, 3.05) is 18.0 Å². The molecule has 20 heavy (non-hydrogen) atoms. The number of piperidine rings is 1. The van der Waals surface area contributed by atoms with Gasteiger partial charge in [-0.05, 0) is 24.9 Å². The normalized spacial score (nSPS) is 17.8. The standard InChI is InChI=1S/C6H10N2O2.C6H7NOS2/c1-7-4-2-3-5(9)8-6(4)10;1-9-7-6-5(4-8)2-3-10-6/h4,7H,2-3H2,1H3,(H,8,9,10);2-4,7H,1H3. The van der Waals surface area contributed by atoms with Crippen LogP contribution in [0.15, 0.2) is 11.4 Å². The Hall–Kier alpha value is -1.38. The molecule has 0 bridgehead atoms. The van der Waals surface area contributed by atoms with Crippen molar-refractivity contribution in [2.45, 2.75) is 18.9 Å². The first-order valence-electron chi connectivity index (χ1n) is 5.95. The van der Waals surface area contributed by atoms with Gasteiger partial charge in [0.15, 0.2) is 6.29 Å². The van der Waals surface area contributed by atoms with Crippen molar-refractivity contribution < 1.29 is 14.4 Å². The summed E-state index contributed by atoms with van der Waals surface area (Å²) in [6.45, 7) is 0. The second-order valence-electron chi connectivity index (χ2n) is 3.92. The van der Waals surface area contributed by atoms with Gasteiger partial charge < -0.3 is 10.0 Å². The van der Waals surface area contributed by atoms with E-state index < -0.39 is 0 Å². The van der Waals surface area contributed by atoms with Crippen LogP contribution in [-0.4, -0.2) is 37.4 Å².